The van der Waals surface area contributed by atoms with Crippen LogP contribution in [-0.4, -0.2) is 55.0 Å². The number of amides is 2. The molecule has 7 nitrogen and oxygen atoms in total. The Morgan fingerprint density at radius 2 is 2.07 bits per heavy atom. The van der Waals surface area contributed by atoms with Crippen LogP contribution in [-0.2, 0) is 15.7 Å². The van der Waals surface area contributed by atoms with Gasteiger partial charge in [0.15, 0.2) is 0 Å². The Hall–Kier alpha value is -2.36. The zero-order valence-electron chi connectivity index (χ0n) is 15.1. The molecular formula is C18H18ClF3N2O5. The third-order valence-corrected chi connectivity index (χ3v) is 5.58. The molecule has 2 saturated heterocycles. The average Bonchev–Trinajstić information content (AvgIpc) is 2.97. The largest absolute Gasteiger partial charge is 0.492 e. The fraction of sp³-hybridized carbons (Fsp3) is 0.556. The minimum Gasteiger partial charge on any atom is -0.492 e. The molecule has 3 aliphatic rings. The third kappa shape index (κ3) is 4.17. The number of hydrogen-bond acceptors (Lipinski definition) is 5. The van der Waals surface area contributed by atoms with Gasteiger partial charge in [-0.2, -0.15) is 13.2 Å². The van der Waals surface area contributed by atoms with Gasteiger partial charge in [0.1, 0.15) is 24.0 Å². The lowest BCUT2D eigenvalue weighted by molar-refractivity contribution is -0.137. The van der Waals surface area contributed by atoms with Crippen LogP contribution in [0.3, 0.4) is 0 Å². The van der Waals surface area contributed by atoms with E-state index in [-0.39, 0.29) is 36.0 Å². The van der Waals surface area contributed by atoms with E-state index in [1.165, 1.54) is 11.0 Å². The SMILES string of the molecule is O=C1NC2(CO1)CN(C(=O)OC1CC(COc3ccc(C(F)(F)F)cc3Cl)C1)C2. The maximum absolute atomic E-state index is 12.6. The van der Waals surface area contributed by atoms with E-state index in [9.17, 15) is 22.8 Å². The molecule has 0 radical (unpaired) electrons. The van der Waals surface area contributed by atoms with Crippen molar-refractivity contribution in [2.45, 2.75) is 30.7 Å². The van der Waals surface area contributed by atoms with Crippen molar-refractivity contribution in [1.29, 1.82) is 0 Å². The fourth-order valence-corrected chi connectivity index (χ4v) is 3.84. The summed E-state index contributed by atoms with van der Waals surface area (Å²) >= 11 is 5.86. The van der Waals surface area contributed by atoms with Crippen LogP contribution < -0.4 is 10.1 Å². The Balaban J connectivity index is 1.17. The number of hydrogen-bond donors (Lipinski definition) is 1. The van der Waals surface area contributed by atoms with E-state index in [0.717, 1.165) is 12.1 Å². The van der Waals surface area contributed by atoms with Crippen LogP contribution in [0.15, 0.2) is 18.2 Å². The Labute approximate surface area is 169 Å². The zero-order valence-corrected chi connectivity index (χ0v) is 15.9. The monoisotopic (exact) mass is 434 g/mol. The Morgan fingerprint density at radius 1 is 1.34 bits per heavy atom. The molecule has 2 amide bonds. The summed E-state index contributed by atoms with van der Waals surface area (Å²) in [4.78, 5) is 24.7. The van der Waals surface area contributed by atoms with E-state index in [1.54, 1.807) is 0 Å². The number of cyclic esters (lactones) is 1. The lowest BCUT2D eigenvalue weighted by atomic mass is 9.83. The molecule has 1 aromatic rings. The number of alkyl carbamates (subject to hydrolysis) is 1. The number of carbonyl (C=O) groups is 2. The summed E-state index contributed by atoms with van der Waals surface area (Å²) in [6.45, 7) is 1.22. The lowest BCUT2D eigenvalue weighted by Gasteiger charge is -2.46. The van der Waals surface area contributed by atoms with Gasteiger partial charge >= 0.3 is 18.4 Å². The van der Waals surface area contributed by atoms with Crippen molar-refractivity contribution < 1.29 is 37.0 Å². The molecule has 0 bridgehead atoms. The second kappa shape index (κ2) is 7.16. The molecule has 0 aromatic heterocycles. The highest BCUT2D eigenvalue weighted by atomic mass is 35.5. The molecule has 0 unspecified atom stereocenters. The van der Waals surface area contributed by atoms with Gasteiger partial charge in [-0.3, -0.25) is 0 Å². The quantitative estimate of drug-likeness (QED) is 0.785. The van der Waals surface area contributed by atoms with Crippen LogP contribution in [0.5, 0.6) is 5.75 Å². The molecule has 1 N–H and O–H groups in total. The van der Waals surface area contributed by atoms with Crippen LogP contribution in [0.4, 0.5) is 22.8 Å². The first-order valence-electron chi connectivity index (χ1n) is 9.04. The van der Waals surface area contributed by atoms with Crippen molar-refractivity contribution in [2.75, 3.05) is 26.3 Å². The number of ether oxygens (including phenoxy) is 3. The molecular weight excluding hydrogens is 417 g/mol. The van der Waals surface area contributed by atoms with Gasteiger partial charge in [-0.25, -0.2) is 9.59 Å². The molecule has 29 heavy (non-hydrogen) atoms. The van der Waals surface area contributed by atoms with Crippen molar-refractivity contribution >= 4 is 23.8 Å². The van der Waals surface area contributed by atoms with Crippen molar-refractivity contribution in [2.24, 2.45) is 5.92 Å². The van der Waals surface area contributed by atoms with Gasteiger partial charge in [0.25, 0.3) is 0 Å². The molecule has 0 atom stereocenters. The van der Waals surface area contributed by atoms with Crippen molar-refractivity contribution in [1.82, 2.24) is 10.2 Å². The van der Waals surface area contributed by atoms with E-state index < -0.39 is 29.5 Å². The summed E-state index contributed by atoms with van der Waals surface area (Å²) in [5, 5.41) is 2.59. The third-order valence-electron chi connectivity index (χ3n) is 5.29. The maximum atomic E-state index is 12.6. The molecule has 2 aliphatic heterocycles. The number of benzene rings is 1. The number of alkyl halides is 3. The van der Waals surface area contributed by atoms with E-state index in [4.69, 9.17) is 25.8 Å². The minimum atomic E-state index is -4.46. The first-order valence-corrected chi connectivity index (χ1v) is 9.41. The summed E-state index contributed by atoms with van der Waals surface area (Å²) in [6, 6.07) is 2.96. The predicted molar refractivity (Wildman–Crippen MR) is 93.7 cm³/mol. The molecule has 2 heterocycles. The average molecular weight is 435 g/mol. The fourth-order valence-electron chi connectivity index (χ4n) is 3.60. The highest BCUT2D eigenvalue weighted by molar-refractivity contribution is 6.32. The van der Waals surface area contributed by atoms with Gasteiger partial charge in [0.05, 0.1) is 30.3 Å². The molecule has 1 spiro atoms. The van der Waals surface area contributed by atoms with Gasteiger partial charge < -0.3 is 24.4 Å². The predicted octanol–water partition coefficient (Wildman–Crippen LogP) is 3.45. The van der Waals surface area contributed by atoms with Gasteiger partial charge in [-0.15, -0.1) is 0 Å². The topological polar surface area (TPSA) is 77.1 Å². The van der Waals surface area contributed by atoms with E-state index in [2.05, 4.69) is 5.32 Å². The number of nitrogens with zero attached hydrogens (tertiary/aromatic N) is 1. The molecule has 11 heteroatoms. The molecule has 1 aliphatic carbocycles. The van der Waals surface area contributed by atoms with Crippen molar-refractivity contribution in [3.8, 4) is 5.75 Å². The highest BCUT2D eigenvalue weighted by Gasteiger charge is 2.52. The standard InChI is InChI=1S/C18H18ClF3N2O5/c19-13-5-11(18(20,21)22)1-2-14(13)27-6-10-3-12(4-10)29-16(26)24-7-17(8-24)9-28-15(25)23-17/h1-2,5,10,12H,3-4,6-9H2,(H,23,25). The summed E-state index contributed by atoms with van der Waals surface area (Å²) in [5.74, 6) is 0.309. The number of likely N-dealkylation sites (tertiary alicyclic amines) is 1. The molecule has 158 valence electrons. The van der Waals surface area contributed by atoms with E-state index in [0.29, 0.717) is 25.9 Å². The van der Waals surface area contributed by atoms with Crippen LogP contribution in [0.25, 0.3) is 0 Å². The van der Waals surface area contributed by atoms with Crippen LogP contribution in [0, 0.1) is 5.92 Å². The summed E-state index contributed by atoms with van der Waals surface area (Å²) in [7, 11) is 0. The van der Waals surface area contributed by atoms with Crippen LogP contribution in [0.2, 0.25) is 5.02 Å². The normalized spacial score (nSPS) is 25.0. The van der Waals surface area contributed by atoms with Crippen LogP contribution >= 0.6 is 11.6 Å². The first-order chi connectivity index (χ1) is 13.6. The van der Waals surface area contributed by atoms with Gasteiger partial charge in [-0.1, -0.05) is 11.6 Å². The minimum absolute atomic E-state index is 0.100. The van der Waals surface area contributed by atoms with Gasteiger partial charge in [-0.05, 0) is 37.0 Å². The summed E-state index contributed by atoms with van der Waals surface area (Å²) in [6.07, 6.45) is -4.41. The first kappa shape index (κ1) is 19.9. The van der Waals surface area contributed by atoms with Crippen molar-refractivity contribution in [3.63, 3.8) is 0 Å². The summed E-state index contributed by atoms with van der Waals surface area (Å²) in [5.41, 5.74) is -1.32. The molecule has 3 fully saturated rings. The molecule has 1 aromatic carbocycles. The molecule has 1 saturated carbocycles. The second-order valence-electron chi connectivity index (χ2n) is 7.63. The smallest absolute Gasteiger partial charge is 0.416 e. The van der Waals surface area contributed by atoms with Crippen molar-refractivity contribution in [3.05, 3.63) is 28.8 Å². The van der Waals surface area contributed by atoms with Gasteiger partial charge in [0, 0.05) is 0 Å². The number of carbonyl (C=O) groups excluding carboxylic acids is 2. The van der Waals surface area contributed by atoms with Crippen LogP contribution in [0.1, 0.15) is 18.4 Å². The zero-order chi connectivity index (χ0) is 20.8. The Bertz CT molecular complexity index is 822. The number of nitrogens with one attached hydrogen (secondary N) is 1. The molecule has 4 rings (SSSR count). The van der Waals surface area contributed by atoms with E-state index >= 15 is 0 Å². The Kier molecular flexibility index (Phi) is 4.92. The second-order valence-corrected chi connectivity index (χ2v) is 8.04. The maximum Gasteiger partial charge on any atom is 0.416 e. The lowest BCUT2D eigenvalue weighted by Crippen LogP contribution is -2.70. The number of rotatable bonds is 4. The number of halogens is 4. The highest BCUT2D eigenvalue weighted by Crippen LogP contribution is 2.37. The van der Waals surface area contributed by atoms with E-state index in [1.807, 2.05) is 0 Å². The summed E-state index contributed by atoms with van der Waals surface area (Å²) < 4.78 is 53.7. The van der Waals surface area contributed by atoms with Gasteiger partial charge in [0.2, 0.25) is 0 Å². The Morgan fingerprint density at radius 3 is 2.66 bits per heavy atom.